The number of benzene rings is 1. The van der Waals surface area contributed by atoms with Crippen molar-refractivity contribution in [3.8, 4) is 11.1 Å². The molecule has 1 fully saturated rings. The van der Waals surface area contributed by atoms with E-state index < -0.39 is 23.8 Å². The van der Waals surface area contributed by atoms with Gasteiger partial charge in [0.2, 0.25) is 5.91 Å². The van der Waals surface area contributed by atoms with Crippen LogP contribution in [0.2, 0.25) is 0 Å². The Morgan fingerprint density at radius 2 is 1.83 bits per heavy atom. The van der Waals surface area contributed by atoms with Gasteiger partial charge in [-0.2, -0.15) is 0 Å². The molecule has 1 amide bonds. The lowest BCUT2D eigenvalue weighted by Crippen LogP contribution is -2.36. The minimum atomic E-state index is -0.953. The summed E-state index contributed by atoms with van der Waals surface area (Å²) < 4.78 is 5.37. The molecule has 2 bridgehead atoms. The molecule has 7 heteroatoms. The number of allylic oxidation sites excluding steroid dienone is 2. The first kappa shape index (κ1) is 20.3. The van der Waals surface area contributed by atoms with Gasteiger partial charge in [-0.15, -0.1) is 11.3 Å². The highest BCUT2D eigenvalue weighted by atomic mass is 32.1. The van der Waals surface area contributed by atoms with Crippen LogP contribution in [-0.4, -0.2) is 29.6 Å². The molecule has 2 aromatic rings. The number of carbonyl (C=O) groups excluding carboxylic acids is 2. The molecule has 1 saturated carbocycles. The van der Waals surface area contributed by atoms with Crippen molar-refractivity contribution in [3.63, 3.8) is 0 Å². The molecule has 156 valence electrons. The Morgan fingerprint density at radius 1 is 1.13 bits per heavy atom. The van der Waals surface area contributed by atoms with Gasteiger partial charge in [0.15, 0.2) is 0 Å². The van der Waals surface area contributed by atoms with Crippen molar-refractivity contribution in [2.24, 2.45) is 23.7 Å². The summed E-state index contributed by atoms with van der Waals surface area (Å²) in [5, 5.41) is 14.7. The number of rotatable bonds is 7. The van der Waals surface area contributed by atoms with Gasteiger partial charge in [-0.05, 0) is 30.2 Å². The number of thiophene rings is 1. The first-order valence-electron chi connectivity index (χ1n) is 10.1. The van der Waals surface area contributed by atoms with Gasteiger partial charge >= 0.3 is 11.9 Å². The highest BCUT2D eigenvalue weighted by Crippen LogP contribution is 2.49. The van der Waals surface area contributed by atoms with Crippen LogP contribution in [0.1, 0.15) is 30.1 Å². The first-order valence-corrected chi connectivity index (χ1v) is 10.9. The molecule has 6 nitrogen and oxygen atoms in total. The average molecular weight is 426 g/mol. The van der Waals surface area contributed by atoms with Gasteiger partial charge in [0.05, 0.1) is 18.4 Å². The number of nitrogens with one attached hydrogen (secondary N) is 1. The molecular formula is C23H23NO5S. The first-order chi connectivity index (χ1) is 14.5. The Labute approximate surface area is 178 Å². The van der Waals surface area contributed by atoms with E-state index in [-0.39, 0.29) is 24.3 Å². The second-order valence-electron chi connectivity index (χ2n) is 7.68. The molecule has 0 saturated heterocycles. The van der Waals surface area contributed by atoms with Crippen molar-refractivity contribution < 1.29 is 24.2 Å². The number of anilines is 1. The maximum absolute atomic E-state index is 13.1. The Kier molecular flexibility index (Phi) is 5.72. The van der Waals surface area contributed by atoms with E-state index in [1.165, 1.54) is 11.3 Å². The van der Waals surface area contributed by atoms with Crippen LogP contribution in [0.15, 0.2) is 47.9 Å². The van der Waals surface area contributed by atoms with E-state index in [1.807, 2.05) is 54.8 Å². The number of ether oxygens (including phenoxy) is 1. The third-order valence-corrected chi connectivity index (χ3v) is 6.70. The number of fused-ring (bicyclic) bond motifs is 2. The maximum atomic E-state index is 13.1. The lowest BCUT2D eigenvalue weighted by atomic mass is 9.82. The Balaban J connectivity index is 1.65. The maximum Gasteiger partial charge on any atom is 0.341 e. The highest BCUT2D eigenvalue weighted by Gasteiger charge is 2.51. The van der Waals surface area contributed by atoms with Crippen LogP contribution in [0.4, 0.5) is 5.00 Å². The highest BCUT2D eigenvalue weighted by molar-refractivity contribution is 7.15. The van der Waals surface area contributed by atoms with Gasteiger partial charge in [0.25, 0.3) is 0 Å². The predicted molar refractivity (Wildman–Crippen MR) is 114 cm³/mol. The molecule has 0 unspecified atom stereocenters. The number of hydrogen-bond acceptors (Lipinski definition) is 5. The van der Waals surface area contributed by atoms with Crippen LogP contribution < -0.4 is 5.32 Å². The van der Waals surface area contributed by atoms with Gasteiger partial charge < -0.3 is 15.2 Å². The van der Waals surface area contributed by atoms with Crippen molar-refractivity contribution in [3.05, 3.63) is 53.4 Å². The zero-order valence-corrected chi connectivity index (χ0v) is 17.4. The molecule has 1 aromatic heterocycles. The summed E-state index contributed by atoms with van der Waals surface area (Å²) in [4.78, 5) is 37.7. The van der Waals surface area contributed by atoms with Gasteiger partial charge in [-0.25, -0.2) is 4.79 Å². The lowest BCUT2D eigenvalue weighted by molar-refractivity contribution is -0.146. The Morgan fingerprint density at radius 3 is 2.50 bits per heavy atom. The minimum Gasteiger partial charge on any atom is -0.481 e. The molecule has 2 aliphatic carbocycles. The number of esters is 1. The molecule has 0 spiro atoms. The predicted octanol–water partition coefficient (Wildman–Crippen LogP) is 4.44. The third kappa shape index (κ3) is 3.65. The van der Waals surface area contributed by atoms with E-state index in [4.69, 9.17) is 4.74 Å². The van der Waals surface area contributed by atoms with Crippen LogP contribution >= 0.6 is 11.3 Å². The van der Waals surface area contributed by atoms with E-state index in [0.717, 1.165) is 5.56 Å². The number of carbonyl (C=O) groups is 3. The SMILES string of the molecule is CCCOC(=O)c1c(-c2ccccc2)csc1NC(=O)[C@@H]1[C@@H](C(=O)O)[C@H]2C=C[C@H]1C2. The summed E-state index contributed by atoms with van der Waals surface area (Å²) >= 11 is 1.25. The monoisotopic (exact) mass is 425 g/mol. The van der Waals surface area contributed by atoms with Gasteiger partial charge in [-0.3, -0.25) is 9.59 Å². The molecule has 2 N–H and O–H groups in total. The van der Waals surface area contributed by atoms with Gasteiger partial charge in [-0.1, -0.05) is 49.4 Å². The van der Waals surface area contributed by atoms with Crippen molar-refractivity contribution in [2.75, 3.05) is 11.9 Å². The van der Waals surface area contributed by atoms with E-state index in [1.54, 1.807) is 0 Å². The van der Waals surface area contributed by atoms with Crippen molar-refractivity contribution in [2.45, 2.75) is 19.8 Å². The molecule has 1 heterocycles. The normalized spacial score (nSPS) is 24.0. The third-order valence-electron chi connectivity index (χ3n) is 5.80. The fourth-order valence-electron chi connectivity index (χ4n) is 4.46. The topological polar surface area (TPSA) is 92.7 Å². The molecular weight excluding hydrogens is 402 g/mol. The molecule has 30 heavy (non-hydrogen) atoms. The molecule has 4 atom stereocenters. The van der Waals surface area contributed by atoms with Crippen LogP contribution in [0.5, 0.6) is 0 Å². The summed E-state index contributed by atoms with van der Waals surface area (Å²) in [6.45, 7) is 2.20. The fraction of sp³-hybridized carbons (Fsp3) is 0.348. The summed E-state index contributed by atoms with van der Waals surface area (Å²) in [6.07, 6.45) is 5.21. The number of aliphatic carboxylic acids is 1. The number of hydrogen-bond donors (Lipinski definition) is 2. The summed E-state index contributed by atoms with van der Waals surface area (Å²) in [5.41, 5.74) is 1.86. The summed E-state index contributed by atoms with van der Waals surface area (Å²) in [7, 11) is 0. The Bertz CT molecular complexity index is 996. The molecule has 0 aliphatic heterocycles. The molecule has 1 aromatic carbocycles. The largest absolute Gasteiger partial charge is 0.481 e. The van der Waals surface area contributed by atoms with Crippen molar-refractivity contribution in [1.82, 2.24) is 0 Å². The molecule has 0 radical (unpaired) electrons. The second kappa shape index (κ2) is 8.44. The summed E-state index contributed by atoms with van der Waals surface area (Å²) in [5.74, 6) is -3.37. The van der Waals surface area contributed by atoms with Crippen LogP contribution in [0.3, 0.4) is 0 Å². The Hall–Kier alpha value is -2.93. The number of amides is 1. The minimum absolute atomic E-state index is 0.0832. The van der Waals surface area contributed by atoms with E-state index in [9.17, 15) is 19.5 Å². The lowest BCUT2D eigenvalue weighted by Gasteiger charge is -2.23. The van der Waals surface area contributed by atoms with E-state index >= 15 is 0 Å². The van der Waals surface area contributed by atoms with Gasteiger partial charge in [0, 0.05) is 10.9 Å². The quantitative estimate of drug-likeness (QED) is 0.505. The summed E-state index contributed by atoms with van der Waals surface area (Å²) in [6, 6.07) is 9.44. The van der Waals surface area contributed by atoms with E-state index in [2.05, 4.69) is 5.32 Å². The standard InChI is InChI=1S/C23H23NO5S/c1-2-10-29-23(28)19-16(13-6-4-3-5-7-13)12-30-21(19)24-20(25)17-14-8-9-15(11-14)18(17)22(26)27/h3-9,12,14-15,17-18H,2,10-11H2,1H3,(H,24,25)(H,26,27)/t14-,15-,17-,18-/m0/s1. The number of carboxylic acid groups (broad SMARTS) is 1. The fourth-order valence-corrected chi connectivity index (χ4v) is 5.42. The zero-order chi connectivity index (χ0) is 21.3. The number of carboxylic acids is 1. The average Bonchev–Trinajstić information content (AvgIpc) is 3.46. The van der Waals surface area contributed by atoms with Crippen LogP contribution in [0, 0.1) is 23.7 Å². The van der Waals surface area contributed by atoms with Gasteiger partial charge in [0.1, 0.15) is 10.6 Å². The van der Waals surface area contributed by atoms with E-state index in [0.29, 0.717) is 29.0 Å². The molecule has 4 rings (SSSR count). The van der Waals surface area contributed by atoms with Crippen molar-refractivity contribution in [1.29, 1.82) is 0 Å². The van der Waals surface area contributed by atoms with Crippen molar-refractivity contribution >= 4 is 34.2 Å². The van der Waals surface area contributed by atoms with Crippen LogP contribution in [0.25, 0.3) is 11.1 Å². The molecule has 2 aliphatic rings. The second-order valence-corrected chi connectivity index (χ2v) is 8.56. The smallest absolute Gasteiger partial charge is 0.341 e. The van der Waals surface area contributed by atoms with Crippen LogP contribution in [-0.2, 0) is 14.3 Å². The zero-order valence-electron chi connectivity index (χ0n) is 16.5.